The number of thiazole rings is 1. The Morgan fingerprint density at radius 1 is 1.44 bits per heavy atom. The second kappa shape index (κ2) is 6.13. The lowest BCUT2D eigenvalue weighted by atomic mass is 9.74. The molecule has 1 saturated carbocycles. The summed E-state index contributed by atoms with van der Waals surface area (Å²) < 4.78 is 0. The molecule has 0 radical (unpaired) electrons. The van der Waals surface area contributed by atoms with Gasteiger partial charge in [0.05, 0.1) is 6.04 Å². The highest BCUT2D eigenvalue weighted by Crippen LogP contribution is 2.35. The summed E-state index contributed by atoms with van der Waals surface area (Å²) in [6.07, 6.45) is 8.07. The topological polar surface area (TPSA) is 45.2 Å². The molecule has 1 aliphatic carbocycles. The number of hydrogen-bond donors (Lipinski definition) is 2. The molecule has 3 nitrogen and oxygen atoms in total. The first-order valence-electron chi connectivity index (χ1n) is 6.92. The summed E-state index contributed by atoms with van der Waals surface area (Å²) in [5.74, 6) is 0. The Labute approximate surface area is 114 Å². The highest BCUT2D eigenvalue weighted by molar-refractivity contribution is 7.11. The first-order valence-corrected chi connectivity index (χ1v) is 7.73. The van der Waals surface area contributed by atoms with Crippen LogP contribution in [0.3, 0.4) is 0 Å². The molecule has 0 aromatic carbocycles. The number of hydrogen-bond acceptors (Lipinski definition) is 4. The Balaban J connectivity index is 1.89. The van der Waals surface area contributed by atoms with E-state index < -0.39 is 0 Å². The molecule has 1 atom stereocenters. The summed E-state index contributed by atoms with van der Waals surface area (Å²) in [5, 5.41) is 14.4. The molecule has 0 aliphatic heterocycles. The van der Waals surface area contributed by atoms with Crippen LogP contribution < -0.4 is 5.32 Å². The summed E-state index contributed by atoms with van der Waals surface area (Å²) in [5.41, 5.74) is 0.110. The van der Waals surface area contributed by atoms with Gasteiger partial charge < -0.3 is 10.4 Å². The molecule has 0 spiro atoms. The SMILES string of the molecule is Cc1cnc(C(C)NCC2(CO)CCCCC2)s1. The van der Waals surface area contributed by atoms with Gasteiger partial charge in [-0.15, -0.1) is 11.3 Å². The van der Waals surface area contributed by atoms with Crippen LogP contribution in [0.15, 0.2) is 6.20 Å². The van der Waals surface area contributed by atoms with Crippen LogP contribution in [0.2, 0.25) is 0 Å². The van der Waals surface area contributed by atoms with Gasteiger partial charge in [0.15, 0.2) is 0 Å². The lowest BCUT2D eigenvalue weighted by molar-refractivity contribution is 0.0789. The molecule has 1 heterocycles. The van der Waals surface area contributed by atoms with Crippen molar-refractivity contribution in [1.29, 1.82) is 0 Å². The van der Waals surface area contributed by atoms with E-state index >= 15 is 0 Å². The molecule has 18 heavy (non-hydrogen) atoms. The number of aromatic nitrogens is 1. The summed E-state index contributed by atoms with van der Waals surface area (Å²) in [4.78, 5) is 5.68. The van der Waals surface area contributed by atoms with E-state index in [1.54, 1.807) is 11.3 Å². The summed E-state index contributed by atoms with van der Waals surface area (Å²) >= 11 is 1.75. The van der Waals surface area contributed by atoms with Gasteiger partial charge in [0, 0.05) is 29.6 Å². The second-order valence-corrected chi connectivity index (χ2v) is 6.90. The maximum atomic E-state index is 9.68. The molecule has 102 valence electrons. The van der Waals surface area contributed by atoms with Gasteiger partial charge in [-0.1, -0.05) is 19.3 Å². The molecular weight excluding hydrogens is 244 g/mol. The number of aryl methyl sites for hydroxylation is 1. The van der Waals surface area contributed by atoms with Crippen LogP contribution in [0.25, 0.3) is 0 Å². The number of rotatable bonds is 5. The first-order chi connectivity index (χ1) is 8.65. The van der Waals surface area contributed by atoms with Crippen LogP contribution in [0.5, 0.6) is 0 Å². The molecular formula is C14H24N2OS. The zero-order valence-corrected chi connectivity index (χ0v) is 12.2. The Morgan fingerprint density at radius 2 is 2.17 bits per heavy atom. The number of aliphatic hydroxyl groups excluding tert-OH is 1. The van der Waals surface area contributed by atoms with Crippen molar-refractivity contribution in [2.45, 2.75) is 52.0 Å². The quantitative estimate of drug-likeness (QED) is 0.862. The Hall–Kier alpha value is -0.450. The fraction of sp³-hybridized carbons (Fsp3) is 0.786. The van der Waals surface area contributed by atoms with E-state index in [1.807, 2.05) is 6.20 Å². The van der Waals surface area contributed by atoms with E-state index in [0.717, 1.165) is 24.4 Å². The summed E-state index contributed by atoms with van der Waals surface area (Å²) in [6, 6.07) is 0.286. The lowest BCUT2D eigenvalue weighted by Crippen LogP contribution is -2.39. The average molecular weight is 268 g/mol. The third-order valence-corrected chi connectivity index (χ3v) is 5.14. The van der Waals surface area contributed by atoms with Crippen molar-refractivity contribution in [1.82, 2.24) is 10.3 Å². The minimum atomic E-state index is 0.110. The molecule has 1 aromatic heterocycles. The summed E-state index contributed by atoms with van der Waals surface area (Å²) in [6.45, 7) is 5.46. The normalized spacial score (nSPS) is 20.8. The third-order valence-electron chi connectivity index (χ3n) is 4.04. The van der Waals surface area contributed by atoms with E-state index in [0.29, 0.717) is 6.61 Å². The van der Waals surface area contributed by atoms with Crippen molar-refractivity contribution in [2.24, 2.45) is 5.41 Å². The van der Waals surface area contributed by atoms with Gasteiger partial charge in [-0.2, -0.15) is 0 Å². The molecule has 2 N–H and O–H groups in total. The van der Waals surface area contributed by atoms with Crippen LogP contribution in [0.1, 0.15) is 55.0 Å². The van der Waals surface area contributed by atoms with Crippen LogP contribution in [0.4, 0.5) is 0 Å². The zero-order chi connectivity index (χ0) is 13.0. The van der Waals surface area contributed by atoms with Gasteiger partial charge in [0.2, 0.25) is 0 Å². The fourth-order valence-electron chi connectivity index (χ4n) is 2.72. The van der Waals surface area contributed by atoms with E-state index in [-0.39, 0.29) is 11.5 Å². The van der Waals surface area contributed by atoms with E-state index in [4.69, 9.17) is 0 Å². The predicted octanol–water partition coefficient (Wildman–Crippen LogP) is 3.04. The molecule has 0 bridgehead atoms. The van der Waals surface area contributed by atoms with E-state index in [1.165, 1.54) is 24.1 Å². The molecule has 1 fully saturated rings. The van der Waals surface area contributed by atoms with Gasteiger partial charge >= 0.3 is 0 Å². The highest BCUT2D eigenvalue weighted by atomic mass is 32.1. The molecule has 4 heteroatoms. The Bertz CT molecular complexity index is 372. The van der Waals surface area contributed by atoms with Gasteiger partial charge in [-0.05, 0) is 26.7 Å². The first kappa shape index (κ1) is 14.0. The summed E-state index contributed by atoms with van der Waals surface area (Å²) in [7, 11) is 0. The van der Waals surface area contributed by atoms with Crippen LogP contribution in [-0.4, -0.2) is 23.2 Å². The molecule has 0 saturated heterocycles. The van der Waals surface area contributed by atoms with Crippen molar-refractivity contribution < 1.29 is 5.11 Å². The van der Waals surface area contributed by atoms with Crippen molar-refractivity contribution >= 4 is 11.3 Å². The monoisotopic (exact) mass is 268 g/mol. The van der Waals surface area contributed by atoms with E-state index in [2.05, 4.69) is 24.1 Å². The van der Waals surface area contributed by atoms with Crippen LogP contribution in [-0.2, 0) is 0 Å². The van der Waals surface area contributed by atoms with Gasteiger partial charge in [-0.25, -0.2) is 4.98 Å². The Kier molecular flexibility index (Phi) is 4.76. The molecule has 1 unspecified atom stereocenters. The zero-order valence-electron chi connectivity index (χ0n) is 11.4. The van der Waals surface area contributed by atoms with E-state index in [9.17, 15) is 5.11 Å². The van der Waals surface area contributed by atoms with Gasteiger partial charge in [0.25, 0.3) is 0 Å². The molecule has 1 aromatic rings. The fourth-order valence-corrected chi connectivity index (χ4v) is 3.52. The van der Waals surface area contributed by atoms with Crippen LogP contribution >= 0.6 is 11.3 Å². The molecule has 1 aliphatic rings. The minimum Gasteiger partial charge on any atom is -0.396 e. The molecule has 2 rings (SSSR count). The average Bonchev–Trinajstić information content (AvgIpc) is 2.84. The van der Waals surface area contributed by atoms with Gasteiger partial charge in [0.1, 0.15) is 5.01 Å². The minimum absolute atomic E-state index is 0.110. The third kappa shape index (κ3) is 3.31. The largest absolute Gasteiger partial charge is 0.396 e. The van der Waals surface area contributed by atoms with Crippen molar-refractivity contribution in [2.75, 3.05) is 13.2 Å². The maximum absolute atomic E-state index is 9.68. The van der Waals surface area contributed by atoms with Crippen molar-refractivity contribution in [3.8, 4) is 0 Å². The van der Waals surface area contributed by atoms with Crippen molar-refractivity contribution in [3.63, 3.8) is 0 Å². The smallest absolute Gasteiger partial charge is 0.109 e. The predicted molar refractivity (Wildman–Crippen MR) is 75.9 cm³/mol. The van der Waals surface area contributed by atoms with Crippen LogP contribution in [0, 0.1) is 12.3 Å². The van der Waals surface area contributed by atoms with Crippen molar-refractivity contribution in [3.05, 3.63) is 16.1 Å². The maximum Gasteiger partial charge on any atom is 0.109 e. The number of aliphatic hydroxyl groups is 1. The standard InChI is InChI=1S/C14H24N2OS/c1-11-8-15-13(18-11)12(2)16-9-14(10-17)6-4-3-5-7-14/h8,12,16-17H,3-7,9-10H2,1-2H3. The lowest BCUT2D eigenvalue weighted by Gasteiger charge is -2.36. The second-order valence-electron chi connectivity index (χ2n) is 5.63. The Morgan fingerprint density at radius 3 is 2.72 bits per heavy atom. The number of nitrogens with one attached hydrogen (secondary N) is 1. The van der Waals surface area contributed by atoms with Gasteiger partial charge in [-0.3, -0.25) is 0 Å². The molecule has 0 amide bonds. The highest BCUT2D eigenvalue weighted by Gasteiger charge is 2.31. The number of nitrogens with zero attached hydrogens (tertiary/aromatic N) is 1.